The molecular formula is C14H14ClFN2O2S. The van der Waals surface area contributed by atoms with Gasteiger partial charge in [-0.3, -0.25) is 0 Å². The van der Waals surface area contributed by atoms with Gasteiger partial charge in [0.15, 0.2) is 0 Å². The van der Waals surface area contributed by atoms with E-state index in [1.165, 1.54) is 30.3 Å². The predicted octanol–water partition coefficient (Wildman–Crippen LogP) is 2.58. The zero-order chi connectivity index (χ0) is 15.5. The maximum absolute atomic E-state index is 13.0. The van der Waals surface area contributed by atoms with Crippen LogP contribution in [0.1, 0.15) is 5.56 Å². The summed E-state index contributed by atoms with van der Waals surface area (Å²) >= 11 is 5.81. The molecule has 0 spiro atoms. The number of anilines is 1. The van der Waals surface area contributed by atoms with Gasteiger partial charge < -0.3 is 5.73 Å². The molecule has 2 aromatic carbocycles. The lowest BCUT2D eigenvalue weighted by Gasteiger charge is -2.08. The fourth-order valence-corrected chi connectivity index (χ4v) is 3.08. The molecule has 0 amide bonds. The van der Waals surface area contributed by atoms with Crippen LogP contribution in [0, 0.1) is 5.82 Å². The van der Waals surface area contributed by atoms with Gasteiger partial charge in [0.05, 0.1) is 15.6 Å². The van der Waals surface area contributed by atoms with E-state index in [1.807, 2.05) is 0 Å². The van der Waals surface area contributed by atoms with Crippen molar-refractivity contribution in [2.75, 3.05) is 12.3 Å². The lowest BCUT2D eigenvalue weighted by molar-refractivity contribution is 0.581. The number of halogens is 2. The van der Waals surface area contributed by atoms with Gasteiger partial charge in [0.1, 0.15) is 5.82 Å². The van der Waals surface area contributed by atoms with Gasteiger partial charge in [0, 0.05) is 6.54 Å². The number of benzene rings is 2. The average molecular weight is 329 g/mol. The minimum atomic E-state index is -3.66. The first-order chi connectivity index (χ1) is 9.88. The molecule has 0 atom stereocenters. The minimum Gasteiger partial charge on any atom is -0.398 e. The van der Waals surface area contributed by atoms with Crippen molar-refractivity contribution < 1.29 is 12.8 Å². The van der Waals surface area contributed by atoms with Crippen molar-refractivity contribution in [3.8, 4) is 0 Å². The summed E-state index contributed by atoms with van der Waals surface area (Å²) in [6.45, 7) is 0.160. The molecule has 0 aliphatic heterocycles. The van der Waals surface area contributed by atoms with Crippen molar-refractivity contribution in [2.24, 2.45) is 0 Å². The molecule has 4 nitrogen and oxygen atoms in total. The second-order valence-corrected chi connectivity index (χ2v) is 6.64. The molecule has 0 unspecified atom stereocenters. The van der Waals surface area contributed by atoms with Crippen LogP contribution < -0.4 is 10.5 Å². The Kier molecular flexibility index (Phi) is 4.82. The monoisotopic (exact) mass is 328 g/mol. The molecule has 0 fully saturated rings. The topological polar surface area (TPSA) is 72.2 Å². The Morgan fingerprint density at radius 3 is 2.62 bits per heavy atom. The Hall–Kier alpha value is -1.63. The molecule has 112 valence electrons. The van der Waals surface area contributed by atoms with Crippen molar-refractivity contribution in [1.29, 1.82) is 0 Å². The average Bonchev–Trinajstić information content (AvgIpc) is 2.41. The summed E-state index contributed by atoms with van der Waals surface area (Å²) in [4.78, 5) is 0.0425. The summed E-state index contributed by atoms with van der Waals surface area (Å²) in [6, 6.07) is 10.1. The summed E-state index contributed by atoms with van der Waals surface area (Å²) < 4.78 is 39.6. The Morgan fingerprint density at radius 2 is 1.95 bits per heavy atom. The zero-order valence-corrected chi connectivity index (χ0v) is 12.6. The van der Waals surface area contributed by atoms with Gasteiger partial charge in [0.2, 0.25) is 10.0 Å². The highest BCUT2D eigenvalue weighted by Crippen LogP contribution is 2.22. The molecular weight excluding hydrogens is 315 g/mol. The quantitative estimate of drug-likeness (QED) is 0.829. The maximum atomic E-state index is 13.0. The molecule has 0 heterocycles. The van der Waals surface area contributed by atoms with Gasteiger partial charge in [-0.1, -0.05) is 23.7 Å². The van der Waals surface area contributed by atoms with Crippen molar-refractivity contribution in [3.05, 3.63) is 58.9 Å². The third kappa shape index (κ3) is 4.17. The Balaban J connectivity index is 2.03. The highest BCUT2D eigenvalue weighted by molar-refractivity contribution is 7.89. The largest absolute Gasteiger partial charge is 0.398 e. The predicted molar refractivity (Wildman–Crippen MR) is 81.2 cm³/mol. The number of sulfonamides is 1. The van der Waals surface area contributed by atoms with E-state index < -0.39 is 10.0 Å². The molecule has 0 saturated heterocycles. The van der Waals surface area contributed by atoms with Crippen molar-refractivity contribution in [3.63, 3.8) is 0 Å². The van der Waals surface area contributed by atoms with Crippen LogP contribution in [0.4, 0.5) is 10.1 Å². The van der Waals surface area contributed by atoms with Gasteiger partial charge in [-0.25, -0.2) is 17.5 Å². The van der Waals surface area contributed by atoms with E-state index in [2.05, 4.69) is 4.72 Å². The summed E-state index contributed by atoms with van der Waals surface area (Å²) in [5.41, 5.74) is 6.57. The highest BCUT2D eigenvalue weighted by Gasteiger charge is 2.14. The van der Waals surface area contributed by atoms with Crippen LogP contribution in [0.5, 0.6) is 0 Å². The van der Waals surface area contributed by atoms with E-state index in [0.29, 0.717) is 17.7 Å². The van der Waals surface area contributed by atoms with Gasteiger partial charge in [0.25, 0.3) is 0 Å². The SMILES string of the molecule is Nc1ccc(S(=O)(=O)NCCc2cccc(F)c2)cc1Cl. The van der Waals surface area contributed by atoms with Gasteiger partial charge in [-0.05, 0) is 42.3 Å². The molecule has 2 aromatic rings. The summed E-state index contributed by atoms with van der Waals surface area (Å²) in [7, 11) is -3.66. The van der Waals surface area contributed by atoms with Crippen LogP contribution in [-0.2, 0) is 16.4 Å². The molecule has 0 radical (unpaired) electrons. The van der Waals surface area contributed by atoms with E-state index >= 15 is 0 Å². The van der Waals surface area contributed by atoms with E-state index in [9.17, 15) is 12.8 Å². The lowest BCUT2D eigenvalue weighted by Crippen LogP contribution is -2.26. The Labute approximate surface area is 127 Å². The fourth-order valence-electron chi connectivity index (χ4n) is 1.78. The van der Waals surface area contributed by atoms with E-state index in [0.717, 1.165) is 0 Å². The lowest BCUT2D eigenvalue weighted by atomic mass is 10.1. The summed E-state index contributed by atoms with van der Waals surface area (Å²) in [6.07, 6.45) is 0.389. The number of hydrogen-bond donors (Lipinski definition) is 2. The molecule has 2 rings (SSSR count). The fraction of sp³-hybridized carbons (Fsp3) is 0.143. The highest BCUT2D eigenvalue weighted by atomic mass is 35.5. The summed E-state index contributed by atoms with van der Waals surface area (Å²) in [5, 5.41) is 0.183. The van der Waals surface area contributed by atoms with Crippen molar-refractivity contribution in [2.45, 2.75) is 11.3 Å². The smallest absolute Gasteiger partial charge is 0.240 e. The normalized spacial score (nSPS) is 11.5. The standard InChI is InChI=1S/C14H14ClFN2O2S/c15-13-9-12(4-5-14(13)17)21(19,20)18-7-6-10-2-1-3-11(16)8-10/h1-5,8-9,18H,6-7,17H2. The van der Waals surface area contributed by atoms with Crippen molar-refractivity contribution >= 4 is 27.3 Å². The zero-order valence-electron chi connectivity index (χ0n) is 11.0. The van der Waals surface area contributed by atoms with Crippen LogP contribution in [0.15, 0.2) is 47.4 Å². The van der Waals surface area contributed by atoms with Crippen LogP contribution in [0.2, 0.25) is 5.02 Å². The van der Waals surface area contributed by atoms with E-state index in [1.54, 1.807) is 12.1 Å². The minimum absolute atomic E-state index is 0.0425. The third-order valence-electron chi connectivity index (χ3n) is 2.88. The second-order valence-electron chi connectivity index (χ2n) is 4.46. The Morgan fingerprint density at radius 1 is 1.19 bits per heavy atom. The Bertz CT molecular complexity index is 750. The third-order valence-corrected chi connectivity index (χ3v) is 4.66. The number of nitrogens with two attached hydrogens (primary N) is 1. The number of nitrogen functional groups attached to an aromatic ring is 1. The molecule has 0 aliphatic carbocycles. The molecule has 7 heteroatoms. The number of rotatable bonds is 5. The van der Waals surface area contributed by atoms with Crippen LogP contribution in [0.3, 0.4) is 0 Å². The first-order valence-electron chi connectivity index (χ1n) is 6.17. The van der Waals surface area contributed by atoms with Crippen LogP contribution >= 0.6 is 11.6 Å². The molecule has 0 aromatic heterocycles. The maximum Gasteiger partial charge on any atom is 0.240 e. The van der Waals surface area contributed by atoms with Gasteiger partial charge in [-0.2, -0.15) is 0 Å². The first kappa shape index (κ1) is 15.8. The molecule has 0 aliphatic rings. The molecule has 3 N–H and O–H groups in total. The van der Waals surface area contributed by atoms with Gasteiger partial charge in [-0.15, -0.1) is 0 Å². The first-order valence-corrected chi connectivity index (χ1v) is 8.04. The number of hydrogen-bond acceptors (Lipinski definition) is 3. The molecule has 0 bridgehead atoms. The van der Waals surface area contributed by atoms with E-state index in [4.69, 9.17) is 17.3 Å². The summed E-state index contributed by atoms with van der Waals surface area (Å²) in [5.74, 6) is -0.347. The van der Waals surface area contributed by atoms with Crippen molar-refractivity contribution in [1.82, 2.24) is 4.72 Å². The van der Waals surface area contributed by atoms with Gasteiger partial charge >= 0.3 is 0 Å². The van der Waals surface area contributed by atoms with Crippen LogP contribution in [0.25, 0.3) is 0 Å². The second kappa shape index (κ2) is 6.43. The molecule has 21 heavy (non-hydrogen) atoms. The van der Waals surface area contributed by atoms with Crippen LogP contribution in [-0.4, -0.2) is 15.0 Å². The van der Waals surface area contributed by atoms with E-state index in [-0.39, 0.29) is 22.3 Å². The number of nitrogens with one attached hydrogen (secondary N) is 1. The molecule has 0 saturated carbocycles.